The lowest BCUT2D eigenvalue weighted by Gasteiger charge is -2.12. The van der Waals surface area contributed by atoms with Crippen molar-refractivity contribution in [3.8, 4) is 5.75 Å². The van der Waals surface area contributed by atoms with Gasteiger partial charge in [0.15, 0.2) is 0 Å². The molecule has 1 aromatic carbocycles. The SMILES string of the molecule is CNCCc1cccc(OC2CCOC2)c1. The fourth-order valence-electron chi connectivity index (χ4n) is 1.84. The van der Waals surface area contributed by atoms with Crippen molar-refractivity contribution < 1.29 is 9.47 Å². The van der Waals surface area contributed by atoms with Gasteiger partial charge in [-0.1, -0.05) is 12.1 Å². The van der Waals surface area contributed by atoms with E-state index >= 15 is 0 Å². The molecule has 1 aliphatic rings. The average Bonchev–Trinajstić information content (AvgIpc) is 2.80. The Bertz CT molecular complexity index is 321. The fourth-order valence-corrected chi connectivity index (χ4v) is 1.84. The van der Waals surface area contributed by atoms with E-state index < -0.39 is 0 Å². The van der Waals surface area contributed by atoms with Crippen molar-refractivity contribution in [2.45, 2.75) is 18.9 Å². The summed E-state index contributed by atoms with van der Waals surface area (Å²) < 4.78 is 11.1. The topological polar surface area (TPSA) is 30.5 Å². The van der Waals surface area contributed by atoms with Crippen LogP contribution in [0, 0.1) is 0 Å². The van der Waals surface area contributed by atoms with E-state index in [0.29, 0.717) is 0 Å². The van der Waals surface area contributed by atoms with Crippen molar-refractivity contribution in [1.82, 2.24) is 5.32 Å². The summed E-state index contributed by atoms with van der Waals surface area (Å²) in [4.78, 5) is 0. The first-order chi connectivity index (χ1) is 7.88. The molecule has 88 valence electrons. The van der Waals surface area contributed by atoms with E-state index in [9.17, 15) is 0 Å². The molecule has 1 atom stereocenters. The highest BCUT2D eigenvalue weighted by molar-refractivity contribution is 5.29. The Morgan fingerprint density at radius 2 is 2.44 bits per heavy atom. The minimum atomic E-state index is 0.236. The molecule has 1 N–H and O–H groups in total. The molecule has 0 spiro atoms. The molecule has 1 saturated heterocycles. The Labute approximate surface area is 96.8 Å². The lowest BCUT2D eigenvalue weighted by Crippen LogP contribution is -2.16. The van der Waals surface area contributed by atoms with Gasteiger partial charge in [0.2, 0.25) is 0 Å². The minimum Gasteiger partial charge on any atom is -0.488 e. The molecule has 0 bridgehead atoms. The summed E-state index contributed by atoms with van der Waals surface area (Å²) in [6.07, 6.45) is 2.27. The molecule has 0 aromatic heterocycles. The molecule has 3 heteroatoms. The molecule has 0 saturated carbocycles. The van der Waals surface area contributed by atoms with Crippen molar-refractivity contribution in [2.24, 2.45) is 0 Å². The lowest BCUT2D eigenvalue weighted by molar-refractivity contribution is 0.141. The van der Waals surface area contributed by atoms with Gasteiger partial charge in [-0.15, -0.1) is 0 Å². The van der Waals surface area contributed by atoms with Crippen molar-refractivity contribution >= 4 is 0 Å². The van der Waals surface area contributed by atoms with Crippen LogP contribution in [0.3, 0.4) is 0 Å². The second-order valence-electron chi connectivity index (χ2n) is 4.10. The Kier molecular flexibility index (Phi) is 4.19. The molecule has 0 radical (unpaired) electrons. The third-order valence-electron chi connectivity index (χ3n) is 2.75. The maximum absolute atomic E-state index is 5.85. The van der Waals surface area contributed by atoms with E-state index in [1.54, 1.807) is 0 Å². The van der Waals surface area contributed by atoms with Crippen LogP contribution >= 0.6 is 0 Å². The fraction of sp³-hybridized carbons (Fsp3) is 0.538. The largest absolute Gasteiger partial charge is 0.488 e. The molecule has 3 nitrogen and oxygen atoms in total. The highest BCUT2D eigenvalue weighted by Gasteiger charge is 2.16. The van der Waals surface area contributed by atoms with Crippen LogP contribution < -0.4 is 10.1 Å². The van der Waals surface area contributed by atoms with Gasteiger partial charge >= 0.3 is 0 Å². The predicted octanol–water partition coefficient (Wildman–Crippen LogP) is 1.62. The first-order valence-electron chi connectivity index (χ1n) is 5.86. The number of ether oxygens (including phenoxy) is 2. The molecule has 1 unspecified atom stereocenters. The van der Waals surface area contributed by atoms with Gasteiger partial charge in [0.1, 0.15) is 11.9 Å². The molecule has 2 rings (SSSR count). The molecule has 1 heterocycles. The van der Waals surface area contributed by atoms with E-state index in [1.807, 2.05) is 13.1 Å². The van der Waals surface area contributed by atoms with Gasteiger partial charge in [0, 0.05) is 6.42 Å². The monoisotopic (exact) mass is 221 g/mol. The van der Waals surface area contributed by atoms with Crippen LogP contribution in [0.1, 0.15) is 12.0 Å². The summed E-state index contributed by atoms with van der Waals surface area (Å²) in [5, 5.41) is 3.15. The zero-order chi connectivity index (χ0) is 11.2. The number of hydrogen-bond acceptors (Lipinski definition) is 3. The Hall–Kier alpha value is -1.06. The first kappa shape index (κ1) is 11.4. The second kappa shape index (κ2) is 5.87. The highest BCUT2D eigenvalue weighted by Crippen LogP contribution is 2.18. The maximum Gasteiger partial charge on any atom is 0.124 e. The molecule has 1 fully saturated rings. The third kappa shape index (κ3) is 3.22. The first-order valence-corrected chi connectivity index (χ1v) is 5.86. The van der Waals surface area contributed by atoms with Crippen LogP contribution in [-0.2, 0) is 11.2 Å². The number of benzene rings is 1. The zero-order valence-corrected chi connectivity index (χ0v) is 9.74. The summed E-state index contributed by atoms with van der Waals surface area (Å²) in [5.74, 6) is 0.962. The van der Waals surface area contributed by atoms with Gasteiger partial charge in [-0.05, 0) is 37.7 Å². The standard InChI is InChI=1S/C13H19NO2/c1-14-7-5-11-3-2-4-12(9-11)16-13-6-8-15-10-13/h2-4,9,13-14H,5-8,10H2,1H3. The molecule has 0 amide bonds. The molecule has 16 heavy (non-hydrogen) atoms. The summed E-state index contributed by atoms with van der Waals surface area (Å²) in [7, 11) is 1.97. The van der Waals surface area contributed by atoms with Crippen LogP contribution in [0.25, 0.3) is 0 Å². The molecule has 1 aliphatic heterocycles. The van der Waals surface area contributed by atoms with E-state index in [-0.39, 0.29) is 6.10 Å². The summed E-state index contributed by atoms with van der Waals surface area (Å²) in [6.45, 7) is 2.54. The van der Waals surface area contributed by atoms with Crippen LogP contribution in [0.2, 0.25) is 0 Å². The van der Waals surface area contributed by atoms with Crippen molar-refractivity contribution in [1.29, 1.82) is 0 Å². The third-order valence-corrected chi connectivity index (χ3v) is 2.75. The van der Waals surface area contributed by atoms with Gasteiger partial charge in [-0.2, -0.15) is 0 Å². The van der Waals surface area contributed by atoms with Crippen molar-refractivity contribution in [3.63, 3.8) is 0 Å². The number of nitrogens with one attached hydrogen (secondary N) is 1. The minimum absolute atomic E-state index is 0.236. The summed E-state index contributed by atoms with van der Waals surface area (Å²) in [6, 6.07) is 8.32. The van der Waals surface area contributed by atoms with Crippen molar-refractivity contribution in [3.05, 3.63) is 29.8 Å². The average molecular weight is 221 g/mol. The second-order valence-corrected chi connectivity index (χ2v) is 4.10. The van der Waals surface area contributed by atoms with Gasteiger partial charge in [-0.3, -0.25) is 0 Å². The van der Waals surface area contributed by atoms with Crippen molar-refractivity contribution in [2.75, 3.05) is 26.8 Å². The van der Waals surface area contributed by atoms with E-state index in [2.05, 4.69) is 23.5 Å². The predicted molar refractivity (Wildman–Crippen MR) is 63.9 cm³/mol. The van der Waals surface area contributed by atoms with E-state index in [0.717, 1.165) is 38.3 Å². The molecular weight excluding hydrogens is 202 g/mol. The Morgan fingerprint density at radius 1 is 1.50 bits per heavy atom. The van der Waals surface area contributed by atoms with Gasteiger partial charge in [-0.25, -0.2) is 0 Å². The highest BCUT2D eigenvalue weighted by atomic mass is 16.5. The molecule has 0 aliphatic carbocycles. The van der Waals surface area contributed by atoms with E-state index in [1.165, 1.54) is 5.56 Å². The van der Waals surface area contributed by atoms with Gasteiger partial charge in [0.25, 0.3) is 0 Å². The van der Waals surface area contributed by atoms with Crippen LogP contribution in [-0.4, -0.2) is 32.9 Å². The summed E-state index contributed by atoms with van der Waals surface area (Å²) >= 11 is 0. The zero-order valence-electron chi connectivity index (χ0n) is 9.74. The normalized spacial score (nSPS) is 19.9. The Balaban J connectivity index is 1.92. The smallest absolute Gasteiger partial charge is 0.124 e. The Morgan fingerprint density at radius 3 is 3.19 bits per heavy atom. The lowest BCUT2D eigenvalue weighted by atomic mass is 10.1. The van der Waals surface area contributed by atoms with Gasteiger partial charge < -0.3 is 14.8 Å². The molecular formula is C13H19NO2. The van der Waals surface area contributed by atoms with E-state index in [4.69, 9.17) is 9.47 Å². The van der Waals surface area contributed by atoms with Gasteiger partial charge in [0.05, 0.1) is 13.2 Å². The summed E-state index contributed by atoms with van der Waals surface area (Å²) in [5.41, 5.74) is 1.31. The maximum atomic E-state index is 5.85. The number of likely N-dealkylation sites (N-methyl/N-ethyl adjacent to an activating group) is 1. The molecule has 1 aromatic rings. The van der Waals surface area contributed by atoms with Crippen LogP contribution in [0.4, 0.5) is 0 Å². The van der Waals surface area contributed by atoms with Crippen LogP contribution in [0.5, 0.6) is 5.75 Å². The number of hydrogen-bond donors (Lipinski definition) is 1. The quantitative estimate of drug-likeness (QED) is 0.819. The van der Waals surface area contributed by atoms with Crippen LogP contribution in [0.15, 0.2) is 24.3 Å². The number of rotatable bonds is 5.